The molecule has 1 fully saturated rings. The number of allylic oxidation sites excluding steroid dienone is 6. The lowest BCUT2D eigenvalue weighted by Gasteiger charge is -2.50. The molecule has 0 N–H and O–H groups in total. The van der Waals surface area contributed by atoms with Gasteiger partial charge < -0.3 is 4.74 Å². The number of rotatable bonds is 6. The number of hydrogen-bond acceptors (Lipinski definition) is 4. The van der Waals surface area contributed by atoms with E-state index in [0.717, 1.165) is 68.1 Å². The fourth-order valence-corrected chi connectivity index (χ4v) is 7.41. The third-order valence-electron chi connectivity index (χ3n) is 9.43. The monoisotopic (exact) mass is 448 g/mol. The maximum absolute atomic E-state index is 13.5. The van der Waals surface area contributed by atoms with Gasteiger partial charge in [-0.3, -0.25) is 14.4 Å². The van der Waals surface area contributed by atoms with Crippen molar-refractivity contribution in [3.63, 3.8) is 0 Å². The third-order valence-corrected chi connectivity index (χ3v) is 9.43. The number of hydrogen-bond donors (Lipinski definition) is 0. The summed E-state index contributed by atoms with van der Waals surface area (Å²) in [5.41, 5.74) is 3.50. The first-order valence-electron chi connectivity index (χ1n) is 12.8. The van der Waals surface area contributed by atoms with Gasteiger partial charge in [-0.2, -0.15) is 0 Å². The molecule has 0 aromatic heterocycles. The van der Waals surface area contributed by atoms with Gasteiger partial charge in [0.1, 0.15) is 11.7 Å². The average Bonchev–Trinajstić information content (AvgIpc) is 3.23. The third kappa shape index (κ3) is 3.12. The Bertz CT molecular complexity index is 1040. The highest BCUT2D eigenvalue weighted by atomic mass is 16.5. The van der Waals surface area contributed by atoms with Crippen LogP contribution in [-0.2, 0) is 19.1 Å². The number of esters is 1. The zero-order valence-electron chi connectivity index (χ0n) is 20.3. The first-order chi connectivity index (χ1) is 15.8. The quantitative estimate of drug-likeness (QED) is 0.285. The van der Waals surface area contributed by atoms with Crippen LogP contribution in [0.3, 0.4) is 0 Å². The summed E-state index contributed by atoms with van der Waals surface area (Å²) >= 11 is 0. The lowest BCUT2D eigenvalue weighted by molar-refractivity contribution is -0.146. The Kier molecular flexibility index (Phi) is 5.42. The molecule has 5 aliphatic rings. The maximum Gasteiger partial charge on any atom is 0.317 e. The Morgan fingerprint density at radius 2 is 1.94 bits per heavy atom. The maximum atomic E-state index is 13.5. The van der Waals surface area contributed by atoms with E-state index in [4.69, 9.17) is 4.74 Å². The Labute approximate surface area is 197 Å². The van der Waals surface area contributed by atoms with Crippen LogP contribution >= 0.6 is 0 Å². The molecule has 0 bridgehead atoms. The molecule has 4 nitrogen and oxygen atoms in total. The van der Waals surface area contributed by atoms with E-state index in [0.29, 0.717) is 25.2 Å². The minimum absolute atomic E-state index is 0.0458. The molecule has 0 saturated heterocycles. The van der Waals surface area contributed by atoms with Crippen LogP contribution in [0.5, 0.6) is 0 Å². The summed E-state index contributed by atoms with van der Waals surface area (Å²) in [6.45, 7) is 7.03. The van der Waals surface area contributed by atoms with Crippen LogP contribution in [0, 0.1) is 22.2 Å². The Hall–Kier alpha value is -2.23. The zero-order valence-corrected chi connectivity index (χ0v) is 20.3. The average molecular weight is 449 g/mol. The lowest BCUT2D eigenvalue weighted by Crippen LogP contribution is -2.45. The van der Waals surface area contributed by atoms with Crippen molar-refractivity contribution in [2.45, 2.75) is 85.0 Å². The van der Waals surface area contributed by atoms with E-state index in [1.54, 1.807) is 6.08 Å². The van der Waals surface area contributed by atoms with Crippen LogP contribution in [0.1, 0.15) is 85.0 Å². The van der Waals surface area contributed by atoms with Gasteiger partial charge in [0.05, 0.1) is 12.0 Å². The molecular weight excluding hydrogens is 412 g/mol. The van der Waals surface area contributed by atoms with Crippen molar-refractivity contribution in [3.8, 4) is 0 Å². The zero-order chi connectivity index (χ0) is 23.4. The molecule has 33 heavy (non-hydrogen) atoms. The van der Waals surface area contributed by atoms with E-state index in [1.165, 1.54) is 5.57 Å². The normalized spacial score (nSPS) is 36.6. The molecule has 176 valence electrons. The highest BCUT2D eigenvalue weighted by Crippen LogP contribution is 2.69. The Morgan fingerprint density at radius 3 is 2.73 bits per heavy atom. The molecule has 5 aliphatic carbocycles. The second-order valence-corrected chi connectivity index (χ2v) is 11.2. The van der Waals surface area contributed by atoms with Gasteiger partial charge in [-0.25, -0.2) is 0 Å². The lowest BCUT2D eigenvalue weighted by atomic mass is 9.52. The standard InChI is InChI=1S/C29H36O4/c1-4-5-6-7-16-33-26(32)21-18-19-17-20(30)8-14-28(19,3)22-10-15-29-23(25(21)22)9-12-27(29,2)13-11-24(29)31/h8-9,14,18,21H,4-7,10-13,15-17H2,1-3H3/t21-,27+,28?,29-/m1/s1. The molecule has 4 heteroatoms. The van der Waals surface area contributed by atoms with Crippen molar-refractivity contribution in [2.75, 3.05) is 6.61 Å². The van der Waals surface area contributed by atoms with E-state index in [-0.39, 0.29) is 22.6 Å². The molecule has 0 heterocycles. The van der Waals surface area contributed by atoms with Crippen LogP contribution in [0.2, 0.25) is 0 Å². The molecule has 1 unspecified atom stereocenters. The Balaban J connectivity index is 1.56. The number of unbranched alkanes of at least 4 members (excludes halogenated alkanes) is 3. The highest BCUT2D eigenvalue weighted by molar-refractivity contribution is 5.97. The topological polar surface area (TPSA) is 60.4 Å². The van der Waals surface area contributed by atoms with Gasteiger partial charge in [0.15, 0.2) is 5.78 Å². The van der Waals surface area contributed by atoms with Gasteiger partial charge >= 0.3 is 5.97 Å². The van der Waals surface area contributed by atoms with Crippen LogP contribution in [0.15, 0.2) is 46.6 Å². The van der Waals surface area contributed by atoms with Crippen LogP contribution in [0.25, 0.3) is 0 Å². The van der Waals surface area contributed by atoms with Crippen molar-refractivity contribution < 1.29 is 19.1 Å². The molecule has 4 atom stereocenters. The molecule has 1 saturated carbocycles. The highest BCUT2D eigenvalue weighted by Gasteiger charge is 2.65. The summed E-state index contributed by atoms with van der Waals surface area (Å²) in [5.74, 6) is -0.318. The smallest absolute Gasteiger partial charge is 0.317 e. The van der Waals surface area contributed by atoms with Crippen molar-refractivity contribution >= 4 is 17.5 Å². The molecule has 5 rings (SSSR count). The SMILES string of the molecule is CCCCCCOC(=O)[C@@H]1C=C2CC(=O)C=CC2(C)C2=C1C1=CC[C@@]3(C)CCC(=O)[C@@]13CC2. The predicted octanol–water partition coefficient (Wildman–Crippen LogP) is 5.98. The van der Waals surface area contributed by atoms with Crippen molar-refractivity contribution in [3.05, 3.63) is 46.6 Å². The minimum Gasteiger partial charge on any atom is -0.465 e. The summed E-state index contributed by atoms with van der Waals surface area (Å²) in [5, 5.41) is 0. The van der Waals surface area contributed by atoms with Crippen LogP contribution < -0.4 is 0 Å². The van der Waals surface area contributed by atoms with Crippen LogP contribution in [-0.4, -0.2) is 24.1 Å². The number of Topliss-reactive ketones (excluding diaryl/α,β-unsaturated/α-hetero) is 1. The number of carbonyl (C=O) groups excluding carboxylic acids is 3. The molecule has 0 radical (unpaired) electrons. The first-order valence-corrected chi connectivity index (χ1v) is 12.8. The Morgan fingerprint density at radius 1 is 1.12 bits per heavy atom. The fourth-order valence-electron chi connectivity index (χ4n) is 7.41. The first kappa shape index (κ1) is 22.6. The summed E-state index contributed by atoms with van der Waals surface area (Å²) in [6.07, 6.45) is 16.6. The van der Waals surface area contributed by atoms with Crippen molar-refractivity contribution in [1.29, 1.82) is 0 Å². The van der Waals surface area contributed by atoms with Gasteiger partial charge in [0.2, 0.25) is 0 Å². The van der Waals surface area contributed by atoms with E-state index in [1.807, 2.05) is 12.2 Å². The molecule has 0 aromatic rings. The van der Waals surface area contributed by atoms with E-state index in [9.17, 15) is 14.4 Å². The second kappa shape index (κ2) is 7.92. The van der Waals surface area contributed by atoms with Gasteiger partial charge in [0.25, 0.3) is 0 Å². The van der Waals surface area contributed by atoms with E-state index in [2.05, 4.69) is 26.8 Å². The molecule has 1 spiro atoms. The fraction of sp³-hybridized carbons (Fsp3) is 0.621. The minimum atomic E-state index is -0.521. The van der Waals surface area contributed by atoms with E-state index >= 15 is 0 Å². The number of ketones is 2. The molecule has 0 aromatic carbocycles. The van der Waals surface area contributed by atoms with Gasteiger partial charge in [-0.1, -0.05) is 62.5 Å². The van der Waals surface area contributed by atoms with Crippen molar-refractivity contribution in [2.24, 2.45) is 22.2 Å². The second-order valence-electron chi connectivity index (χ2n) is 11.2. The largest absolute Gasteiger partial charge is 0.465 e. The van der Waals surface area contributed by atoms with Crippen molar-refractivity contribution in [1.82, 2.24) is 0 Å². The summed E-state index contributed by atoms with van der Waals surface area (Å²) < 4.78 is 5.79. The summed E-state index contributed by atoms with van der Waals surface area (Å²) in [4.78, 5) is 39.1. The van der Waals surface area contributed by atoms with Crippen LogP contribution in [0.4, 0.5) is 0 Å². The molecule has 0 amide bonds. The number of ether oxygens (including phenoxy) is 1. The summed E-state index contributed by atoms with van der Waals surface area (Å²) in [7, 11) is 0. The predicted molar refractivity (Wildman–Crippen MR) is 127 cm³/mol. The van der Waals surface area contributed by atoms with E-state index < -0.39 is 11.3 Å². The van der Waals surface area contributed by atoms with Gasteiger partial charge in [0, 0.05) is 18.3 Å². The molecule has 0 aliphatic heterocycles. The summed E-state index contributed by atoms with van der Waals surface area (Å²) in [6, 6.07) is 0. The van der Waals surface area contributed by atoms with Gasteiger partial charge in [-0.15, -0.1) is 0 Å². The number of fused-ring (bicyclic) bond motifs is 3. The van der Waals surface area contributed by atoms with Gasteiger partial charge in [-0.05, 0) is 61.7 Å². The molecular formula is C29H36O4. The number of carbonyl (C=O) groups is 3.